The van der Waals surface area contributed by atoms with Crippen molar-refractivity contribution in [3.63, 3.8) is 0 Å². The molecule has 1 aromatic carbocycles. The third-order valence-electron chi connectivity index (χ3n) is 3.09. The lowest BCUT2D eigenvalue weighted by atomic mass is 10.2. The van der Waals surface area contributed by atoms with E-state index in [2.05, 4.69) is 31.1 Å². The fourth-order valence-corrected chi connectivity index (χ4v) is 2.31. The van der Waals surface area contributed by atoms with E-state index < -0.39 is 0 Å². The van der Waals surface area contributed by atoms with Gasteiger partial charge in [-0.2, -0.15) is 4.98 Å². The number of rotatable bonds is 3. The lowest BCUT2D eigenvalue weighted by Gasteiger charge is -2.03. The molecule has 21 heavy (non-hydrogen) atoms. The number of hydrogen-bond acceptors (Lipinski definition) is 5. The summed E-state index contributed by atoms with van der Waals surface area (Å²) >= 11 is 3.36. The van der Waals surface area contributed by atoms with Gasteiger partial charge in [0.15, 0.2) is 5.82 Å². The van der Waals surface area contributed by atoms with E-state index >= 15 is 0 Å². The Morgan fingerprint density at radius 2 is 2.19 bits per heavy atom. The predicted octanol–water partition coefficient (Wildman–Crippen LogP) is 2.71. The Labute approximate surface area is 128 Å². The molecule has 0 spiro atoms. The van der Waals surface area contributed by atoms with Gasteiger partial charge in [-0.25, -0.2) is 4.98 Å². The molecule has 0 saturated heterocycles. The molecule has 0 atom stereocenters. The third kappa shape index (κ3) is 2.73. The first kappa shape index (κ1) is 13.9. The molecule has 2 aromatic heterocycles. The highest BCUT2D eigenvalue weighted by atomic mass is 79.9. The fourth-order valence-electron chi connectivity index (χ4n) is 1.96. The van der Waals surface area contributed by atoms with Crippen molar-refractivity contribution in [2.24, 2.45) is 0 Å². The standard InChI is InChI=1S/C14H13BrN4O2/c1-8(2)13-17-12(21-18-13)6-19-7-16-11-5-9(15)3-4-10(11)14(19)20/h3-5,7-8H,6H2,1-2H3. The molecule has 0 saturated carbocycles. The largest absolute Gasteiger partial charge is 0.337 e. The molecule has 3 aromatic rings. The number of fused-ring (bicyclic) bond motifs is 1. The summed E-state index contributed by atoms with van der Waals surface area (Å²) in [5.74, 6) is 1.22. The molecule has 108 valence electrons. The van der Waals surface area contributed by atoms with E-state index in [1.54, 1.807) is 6.07 Å². The topological polar surface area (TPSA) is 73.8 Å². The highest BCUT2D eigenvalue weighted by Crippen LogP contribution is 2.15. The van der Waals surface area contributed by atoms with E-state index in [1.807, 2.05) is 26.0 Å². The van der Waals surface area contributed by atoms with Gasteiger partial charge in [-0.3, -0.25) is 9.36 Å². The van der Waals surface area contributed by atoms with Crippen LogP contribution in [0.2, 0.25) is 0 Å². The van der Waals surface area contributed by atoms with Crippen LogP contribution in [-0.2, 0) is 6.54 Å². The van der Waals surface area contributed by atoms with Crippen molar-refractivity contribution >= 4 is 26.8 Å². The molecule has 0 unspecified atom stereocenters. The van der Waals surface area contributed by atoms with Crippen molar-refractivity contribution in [3.05, 3.63) is 51.1 Å². The van der Waals surface area contributed by atoms with Gasteiger partial charge in [0.2, 0.25) is 5.89 Å². The minimum atomic E-state index is -0.128. The van der Waals surface area contributed by atoms with Crippen LogP contribution in [-0.4, -0.2) is 19.7 Å². The maximum atomic E-state index is 12.4. The summed E-state index contributed by atoms with van der Waals surface area (Å²) in [5, 5.41) is 4.45. The zero-order valence-corrected chi connectivity index (χ0v) is 13.2. The van der Waals surface area contributed by atoms with Crippen LogP contribution in [0, 0.1) is 0 Å². The molecule has 0 bridgehead atoms. The van der Waals surface area contributed by atoms with Gasteiger partial charge in [0.1, 0.15) is 6.54 Å². The minimum Gasteiger partial charge on any atom is -0.337 e. The average Bonchev–Trinajstić information content (AvgIpc) is 2.91. The first-order valence-electron chi connectivity index (χ1n) is 6.52. The van der Waals surface area contributed by atoms with E-state index in [9.17, 15) is 4.79 Å². The SMILES string of the molecule is CC(C)c1noc(Cn2cnc3cc(Br)ccc3c2=O)n1. The molecule has 0 radical (unpaired) electrons. The first-order chi connectivity index (χ1) is 10.0. The molecule has 2 heterocycles. The summed E-state index contributed by atoms with van der Waals surface area (Å²) in [6, 6.07) is 5.38. The summed E-state index contributed by atoms with van der Waals surface area (Å²) in [4.78, 5) is 21.0. The van der Waals surface area contributed by atoms with Crippen LogP contribution in [0.15, 0.2) is 38.3 Å². The van der Waals surface area contributed by atoms with Crippen LogP contribution in [0.4, 0.5) is 0 Å². The van der Waals surface area contributed by atoms with Gasteiger partial charge in [0.25, 0.3) is 5.56 Å². The zero-order valence-electron chi connectivity index (χ0n) is 11.6. The smallest absolute Gasteiger partial charge is 0.261 e. The molecular weight excluding hydrogens is 336 g/mol. The second-order valence-corrected chi connectivity index (χ2v) is 5.96. The number of halogens is 1. The second-order valence-electron chi connectivity index (χ2n) is 5.04. The van der Waals surface area contributed by atoms with Crippen molar-refractivity contribution in [1.82, 2.24) is 19.7 Å². The van der Waals surface area contributed by atoms with Crippen molar-refractivity contribution in [1.29, 1.82) is 0 Å². The Bertz CT molecular complexity index is 854. The molecule has 0 N–H and O–H groups in total. The van der Waals surface area contributed by atoms with Gasteiger partial charge in [-0.15, -0.1) is 0 Å². The van der Waals surface area contributed by atoms with Gasteiger partial charge in [0.05, 0.1) is 17.2 Å². The average molecular weight is 349 g/mol. The van der Waals surface area contributed by atoms with Crippen LogP contribution in [0.1, 0.15) is 31.5 Å². The third-order valence-corrected chi connectivity index (χ3v) is 3.59. The van der Waals surface area contributed by atoms with Crippen LogP contribution >= 0.6 is 15.9 Å². The summed E-state index contributed by atoms with van der Waals surface area (Å²) in [5.41, 5.74) is 0.524. The lowest BCUT2D eigenvalue weighted by molar-refractivity contribution is 0.363. The molecule has 7 heteroatoms. The lowest BCUT2D eigenvalue weighted by Crippen LogP contribution is -2.21. The summed E-state index contributed by atoms with van der Waals surface area (Å²) in [6.07, 6.45) is 1.50. The van der Waals surface area contributed by atoms with Crippen LogP contribution in [0.25, 0.3) is 10.9 Å². The van der Waals surface area contributed by atoms with E-state index in [4.69, 9.17) is 4.52 Å². The fraction of sp³-hybridized carbons (Fsp3) is 0.286. The molecule has 0 aliphatic heterocycles. The Kier molecular flexibility index (Phi) is 3.59. The summed E-state index contributed by atoms with van der Waals surface area (Å²) in [7, 11) is 0. The maximum absolute atomic E-state index is 12.4. The van der Waals surface area contributed by atoms with Gasteiger partial charge < -0.3 is 4.52 Å². The number of nitrogens with zero attached hydrogens (tertiary/aromatic N) is 4. The summed E-state index contributed by atoms with van der Waals surface area (Å²) in [6.45, 7) is 4.18. The molecule has 0 aliphatic rings. The van der Waals surface area contributed by atoms with Crippen molar-refractivity contribution in [2.75, 3.05) is 0 Å². The predicted molar refractivity (Wildman–Crippen MR) is 81.2 cm³/mol. The quantitative estimate of drug-likeness (QED) is 0.727. The highest BCUT2D eigenvalue weighted by Gasteiger charge is 2.12. The maximum Gasteiger partial charge on any atom is 0.261 e. The van der Waals surface area contributed by atoms with Crippen LogP contribution in [0.3, 0.4) is 0 Å². The molecule has 0 aliphatic carbocycles. The highest BCUT2D eigenvalue weighted by molar-refractivity contribution is 9.10. The van der Waals surface area contributed by atoms with Gasteiger partial charge in [0, 0.05) is 10.4 Å². The molecule has 0 fully saturated rings. The van der Waals surface area contributed by atoms with E-state index in [-0.39, 0.29) is 18.0 Å². The Morgan fingerprint density at radius 3 is 2.90 bits per heavy atom. The number of hydrogen-bond donors (Lipinski definition) is 0. The zero-order chi connectivity index (χ0) is 15.0. The van der Waals surface area contributed by atoms with Crippen molar-refractivity contribution in [3.8, 4) is 0 Å². The van der Waals surface area contributed by atoms with Crippen molar-refractivity contribution < 1.29 is 4.52 Å². The minimum absolute atomic E-state index is 0.128. The first-order valence-corrected chi connectivity index (χ1v) is 7.31. The number of aromatic nitrogens is 4. The molecular formula is C14H13BrN4O2. The number of benzene rings is 1. The van der Waals surface area contributed by atoms with E-state index in [1.165, 1.54) is 10.9 Å². The normalized spacial score (nSPS) is 11.4. The van der Waals surface area contributed by atoms with Gasteiger partial charge >= 0.3 is 0 Å². The van der Waals surface area contributed by atoms with E-state index in [0.29, 0.717) is 22.6 Å². The van der Waals surface area contributed by atoms with Crippen LogP contribution < -0.4 is 5.56 Å². The Morgan fingerprint density at radius 1 is 1.38 bits per heavy atom. The van der Waals surface area contributed by atoms with Crippen molar-refractivity contribution in [2.45, 2.75) is 26.3 Å². The van der Waals surface area contributed by atoms with Gasteiger partial charge in [-0.1, -0.05) is 34.9 Å². The Hall–Kier alpha value is -2.02. The monoisotopic (exact) mass is 348 g/mol. The second kappa shape index (κ2) is 5.40. The van der Waals surface area contributed by atoms with Gasteiger partial charge in [-0.05, 0) is 18.2 Å². The Balaban J connectivity index is 1.99. The molecule has 3 rings (SSSR count). The van der Waals surface area contributed by atoms with Crippen LogP contribution in [0.5, 0.6) is 0 Å². The summed E-state index contributed by atoms with van der Waals surface area (Å²) < 4.78 is 7.51. The molecule has 6 nitrogen and oxygen atoms in total. The molecule has 0 amide bonds. The van der Waals surface area contributed by atoms with E-state index in [0.717, 1.165) is 4.47 Å².